The number of ether oxygens (including phenoxy) is 1. The van der Waals surface area contributed by atoms with Crippen molar-refractivity contribution in [3.63, 3.8) is 0 Å². The fourth-order valence-electron chi connectivity index (χ4n) is 2.72. The Balaban J connectivity index is 2.22. The summed E-state index contributed by atoms with van der Waals surface area (Å²) in [7, 11) is 1.65. The van der Waals surface area contributed by atoms with E-state index in [-0.39, 0.29) is 0 Å². The average Bonchev–Trinajstić information content (AvgIpc) is 2.67. The van der Waals surface area contributed by atoms with Crippen LogP contribution in [0.25, 0.3) is 10.9 Å². The van der Waals surface area contributed by atoms with E-state index in [1.807, 2.05) is 12.1 Å². The Morgan fingerprint density at radius 1 is 1.19 bits per heavy atom. The second kappa shape index (κ2) is 10.9. The van der Waals surface area contributed by atoms with Crippen LogP contribution in [0, 0.1) is 0 Å². The summed E-state index contributed by atoms with van der Waals surface area (Å²) in [5.74, 6) is 1.53. The molecule has 2 aromatic rings. The quantitative estimate of drug-likeness (QED) is 0.465. The van der Waals surface area contributed by atoms with Crippen molar-refractivity contribution in [1.82, 2.24) is 9.97 Å². The highest BCUT2D eigenvalue weighted by Gasteiger charge is 2.10. The second-order valence-electron chi connectivity index (χ2n) is 6.34. The zero-order valence-corrected chi connectivity index (χ0v) is 18.1. The number of halogens is 1. The van der Waals surface area contributed by atoms with Crippen LogP contribution < -0.4 is 10.1 Å². The summed E-state index contributed by atoms with van der Waals surface area (Å²) < 4.78 is 6.38. The van der Waals surface area contributed by atoms with Gasteiger partial charge < -0.3 is 10.1 Å². The number of aromatic nitrogens is 2. The van der Waals surface area contributed by atoms with Gasteiger partial charge in [0.1, 0.15) is 23.4 Å². The Kier molecular flexibility index (Phi) is 8.52. The van der Waals surface area contributed by atoms with Gasteiger partial charge in [-0.25, -0.2) is 9.97 Å². The number of unbranched alkanes of at least 4 members (excludes halogenated alkanes) is 1. The highest BCUT2D eigenvalue weighted by atomic mass is 79.9. The van der Waals surface area contributed by atoms with Crippen molar-refractivity contribution in [1.29, 1.82) is 0 Å². The number of anilines is 1. The SMILES string of the molecule is CC/C=C(/C=C\C(C)=C\CCC)CNc1ncnc2c(OC)cc(Br)cc12. The van der Waals surface area contributed by atoms with Gasteiger partial charge in [0.25, 0.3) is 0 Å². The first-order chi connectivity index (χ1) is 13.1. The van der Waals surface area contributed by atoms with E-state index in [9.17, 15) is 0 Å². The molecule has 0 saturated heterocycles. The Bertz CT molecular complexity index is 856. The lowest BCUT2D eigenvalue weighted by Crippen LogP contribution is -2.06. The molecule has 27 heavy (non-hydrogen) atoms. The molecule has 0 saturated carbocycles. The van der Waals surface area contributed by atoms with Gasteiger partial charge in [-0.1, -0.05) is 66.1 Å². The van der Waals surface area contributed by atoms with E-state index in [2.05, 4.69) is 76.3 Å². The first kappa shape index (κ1) is 21.2. The van der Waals surface area contributed by atoms with Crippen LogP contribution >= 0.6 is 15.9 Å². The van der Waals surface area contributed by atoms with Gasteiger partial charge in [0.15, 0.2) is 0 Å². The molecule has 5 heteroatoms. The van der Waals surface area contributed by atoms with Gasteiger partial charge in [-0.2, -0.15) is 0 Å². The normalized spacial score (nSPS) is 12.8. The summed E-state index contributed by atoms with van der Waals surface area (Å²) in [4.78, 5) is 8.80. The fourth-order valence-corrected chi connectivity index (χ4v) is 3.16. The van der Waals surface area contributed by atoms with Crippen LogP contribution in [0.4, 0.5) is 5.82 Å². The number of hydrogen-bond donors (Lipinski definition) is 1. The lowest BCUT2D eigenvalue weighted by atomic mass is 10.1. The maximum absolute atomic E-state index is 5.45. The van der Waals surface area contributed by atoms with Gasteiger partial charge in [-0.15, -0.1) is 0 Å². The van der Waals surface area contributed by atoms with Gasteiger partial charge >= 0.3 is 0 Å². The monoisotopic (exact) mass is 429 g/mol. The number of benzene rings is 1. The molecule has 0 aliphatic rings. The Hall–Kier alpha value is -2.14. The van der Waals surface area contributed by atoms with Gasteiger partial charge in [0.2, 0.25) is 0 Å². The van der Waals surface area contributed by atoms with Crippen LogP contribution in [-0.4, -0.2) is 23.6 Å². The minimum absolute atomic E-state index is 0.701. The molecule has 2 rings (SSSR count). The maximum atomic E-state index is 5.45. The largest absolute Gasteiger partial charge is 0.494 e. The van der Waals surface area contributed by atoms with E-state index in [0.29, 0.717) is 6.54 Å². The lowest BCUT2D eigenvalue weighted by molar-refractivity contribution is 0.418. The molecule has 0 unspecified atom stereocenters. The van der Waals surface area contributed by atoms with Crippen LogP contribution in [0.15, 0.2) is 58.4 Å². The van der Waals surface area contributed by atoms with Crippen molar-refractivity contribution in [3.8, 4) is 5.75 Å². The molecule has 1 heterocycles. The third kappa shape index (κ3) is 6.21. The summed E-state index contributed by atoms with van der Waals surface area (Å²) in [6.45, 7) is 7.19. The molecule has 0 aliphatic carbocycles. The molecular weight excluding hydrogens is 402 g/mol. The van der Waals surface area contributed by atoms with Crippen molar-refractivity contribution in [2.45, 2.75) is 40.0 Å². The first-order valence-corrected chi connectivity index (χ1v) is 10.1. The molecule has 0 atom stereocenters. The molecule has 144 valence electrons. The number of methoxy groups -OCH3 is 1. The molecule has 0 radical (unpaired) electrons. The second-order valence-corrected chi connectivity index (χ2v) is 7.25. The Labute approximate surface area is 170 Å². The van der Waals surface area contributed by atoms with E-state index in [0.717, 1.165) is 39.8 Å². The fraction of sp³-hybridized carbons (Fsp3) is 0.364. The number of nitrogens with one attached hydrogen (secondary N) is 1. The van der Waals surface area contributed by atoms with Gasteiger partial charge in [0.05, 0.1) is 7.11 Å². The van der Waals surface area contributed by atoms with E-state index in [1.54, 1.807) is 13.4 Å². The van der Waals surface area contributed by atoms with Crippen molar-refractivity contribution >= 4 is 32.7 Å². The van der Waals surface area contributed by atoms with Gasteiger partial charge in [0, 0.05) is 16.4 Å². The van der Waals surface area contributed by atoms with Gasteiger partial charge in [-0.3, -0.25) is 0 Å². The van der Waals surface area contributed by atoms with E-state index in [1.165, 1.54) is 17.6 Å². The van der Waals surface area contributed by atoms with Crippen molar-refractivity contribution in [2.24, 2.45) is 0 Å². The number of allylic oxidation sites excluding steroid dienone is 4. The van der Waals surface area contributed by atoms with Crippen LogP contribution in [0.3, 0.4) is 0 Å². The number of hydrogen-bond acceptors (Lipinski definition) is 4. The molecule has 4 nitrogen and oxygen atoms in total. The van der Waals surface area contributed by atoms with E-state index in [4.69, 9.17) is 4.74 Å². The van der Waals surface area contributed by atoms with Crippen molar-refractivity contribution < 1.29 is 4.74 Å². The molecule has 1 aromatic carbocycles. The summed E-state index contributed by atoms with van der Waals surface area (Å²) in [6, 6.07) is 3.92. The minimum Gasteiger partial charge on any atom is -0.494 e. The van der Waals surface area contributed by atoms with E-state index < -0.39 is 0 Å². The predicted molar refractivity (Wildman–Crippen MR) is 118 cm³/mol. The molecule has 0 fully saturated rings. The lowest BCUT2D eigenvalue weighted by Gasteiger charge is -2.11. The number of fused-ring (bicyclic) bond motifs is 1. The smallest absolute Gasteiger partial charge is 0.146 e. The van der Waals surface area contributed by atoms with Crippen LogP contribution in [0.5, 0.6) is 5.75 Å². The van der Waals surface area contributed by atoms with E-state index >= 15 is 0 Å². The Morgan fingerprint density at radius 3 is 2.70 bits per heavy atom. The van der Waals surface area contributed by atoms with Crippen LogP contribution in [0.2, 0.25) is 0 Å². The van der Waals surface area contributed by atoms with Crippen molar-refractivity contribution in [3.05, 3.63) is 58.4 Å². The molecule has 0 spiro atoms. The summed E-state index contributed by atoms with van der Waals surface area (Å²) in [5.41, 5.74) is 3.32. The number of rotatable bonds is 9. The first-order valence-electron chi connectivity index (χ1n) is 9.35. The molecule has 1 N–H and O–H groups in total. The summed E-state index contributed by atoms with van der Waals surface area (Å²) >= 11 is 3.53. The van der Waals surface area contributed by atoms with Crippen LogP contribution in [-0.2, 0) is 0 Å². The standard InChI is InChI=1S/C22H28BrN3O/c1-5-7-9-16(3)10-11-17(8-6-2)14-24-22-19-12-18(23)13-20(27-4)21(19)25-15-26-22/h8-13,15H,5-7,14H2,1-4H3,(H,24,25,26)/b11-10-,16-9+,17-8-. The topological polar surface area (TPSA) is 47.0 Å². The van der Waals surface area contributed by atoms with Gasteiger partial charge in [-0.05, 0) is 37.5 Å². The third-order valence-corrected chi connectivity index (χ3v) is 4.59. The molecular formula is C22H28BrN3O. The molecule has 0 aliphatic heterocycles. The Morgan fingerprint density at radius 2 is 2.00 bits per heavy atom. The molecule has 1 aromatic heterocycles. The van der Waals surface area contributed by atoms with Crippen molar-refractivity contribution in [2.75, 3.05) is 19.0 Å². The average molecular weight is 430 g/mol. The predicted octanol–water partition coefficient (Wildman–Crippen LogP) is 6.45. The zero-order chi connectivity index (χ0) is 19.6. The third-order valence-electron chi connectivity index (χ3n) is 4.13. The van der Waals surface area contributed by atoms with Crippen LogP contribution in [0.1, 0.15) is 40.0 Å². The molecule has 0 amide bonds. The highest BCUT2D eigenvalue weighted by Crippen LogP contribution is 2.31. The minimum atomic E-state index is 0.701. The molecule has 0 bridgehead atoms. The zero-order valence-electron chi connectivity index (χ0n) is 16.6. The highest BCUT2D eigenvalue weighted by molar-refractivity contribution is 9.10. The maximum Gasteiger partial charge on any atom is 0.146 e. The number of nitrogens with zero attached hydrogens (tertiary/aromatic N) is 2. The summed E-state index contributed by atoms with van der Waals surface area (Å²) in [6.07, 6.45) is 13.7. The summed E-state index contributed by atoms with van der Waals surface area (Å²) in [5, 5.41) is 4.38.